The summed E-state index contributed by atoms with van der Waals surface area (Å²) in [5, 5.41) is 29.3. The Bertz CT molecular complexity index is 592. The number of rotatable bonds is 5. The quantitative estimate of drug-likeness (QED) is 0.867. The molecule has 1 aromatic carbocycles. The van der Waals surface area contributed by atoms with E-state index in [9.17, 15) is 5.26 Å². The summed E-state index contributed by atoms with van der Waals surface area (Å²) in [5.41, 5.74) is 1.14. The van der Waals surface area contributed by atoms with Gasteiger partial charge >= 0.3 is 0 Å². The van der Waals surface area contributed by atoms with Crippen molar-refractivity contribution in [3.8, 4) is 6.07 Å². The van der Waals surface area contributed by atoms with Crippen LogP contribution in [0.1, 0.15) is 11.7 Å². The topological polar surface area (TPSA) is 86.8 Å². The first-order valence-corrected chi connectivity index (χ1v) is 6.04. The van der Waals surface area contributed by atoms with E-state index in [4.69, 9.17) is 16.7 Å². The average molecular weight is 278 g/mol. The lowest BCUT2D eigenvalue weighted by Gasteiger charge is -2.11. The molecule has 0 bridgehead atoms. The Morgan fingerprint density at radius 2 is 2.26 bits per heavy atom. The molecule has 0 amide bonds. The lowest BCUT2D eigenvalue weighted by Crippen LogP contribution is -2.09. The minimum atomic E-state index is -0.646. The van der Waals surface area contributed by atoms with Gasteiger partial charge in [-0.1, -0.05) is 28.9 Å². The molecule has 0 fully saturated rings. The predicted molar refractivity (Wildman–Crippen MR) is 70.5 cm³/mol. The molecule has 1 aromatic heterocycles. The van der Waals surface area contributed by atoms with E-state index >= 15 is 0 Å². The van der Waals surface area contributed by atoms with Gasteiger partial charge in [-0.05, 0) is 12.1 Å². The number of aliphatic hydroxyl groups excluding tert-OH is 1. The minimum Gasteiger partial charge on any atom is -0.394 e. The van der Waals surface area contributed by atoms with E-state index in [1.807, 2.05) is 12.1 Å². The van der Waals surface area contributed by atoms with E-state index in [1.54, 1.807) is 18.3 Å². The van der Waals surface area contributed by atoms with Crippen LogP contribution in [0.3, 0.4) is 0 Å². The second-order valence-corrected chi connectivity index (χ2v) is 4.22. The Balaban J connectivity index is 2.16. The number of hydrogen-bond donors (Lipinski definition) is 2. The fourth-order valence-corrected chi connectivity index (χ4v) is 1.75. The third-order valence-corrected chi connectivity index (χ3v) is 2.81. The molecule has 98 valence electrons. The summed E-state index contributed by atoms with van der Waals surface area (Å²) >= 11 is 6.02. The van der Waals surface area contributed by atoms with E-state index in [0.29, 0.717) is 22.9 Å². The standard InChI is InChI=1S/C12H12ClN5O/c13-9-3-1-2-4-10(9)15-11(7-14)12-8-18(5-6-19)17-16-12/h1-4,8,11,15,19H,5-6H2. The molecular weight excluding hydrogens is 266 g/mol. The summed E-state index contributed by atoms with van der Waals surface area (Å²) in [4.78, 5) is 0. The Morgan fingerprint density at radius 3 is 2.95 bits per heavy atom. The van der Waals surface area contributed by atoms with Crippen molar-refractivity contribution in [1.82, 2.24) is 15.0 Å². The summed E-state index contributed by atoms with van der Waals surface area (Å²) in [6, 6.07) is 8.61. The normalized spacial score (nSPS) is 11.8. The van der Waals surface area contributed by atoms with Crippen LogP contribution in [0, 0.1) is 11.3 Å². The summed E-state index contributed by atoms with van der Waals surface area (Å²) in [5.74, 6) is 0. The van der Waals surface area contributed by atoms with Crippen molar-refractivity contribution in [1.29, 1.82) is 5.26 Å². The van der Waals surface area contributed by atoms with Crippen LogP contribution in [0.4, 0.5) is 5.69 Å². The van der Waals surface area contributed by atoms with Crippen molar-refractivity contribution < 1.29 is 5.11 Å². The first-order valence-electron chi connectivity index (χ1n) is 5.66. The predicted octanol–water partition coefficient (Wildman–Crippen LogP) is 1.60. The second kappa shape index (κ2) is 6.18. The number of nitriles is 1. The summed E-state index contributed by atoms with van der Waals surface area (Å²) in [6.07, 6.45) is 1.62. The number of hydrogen-bond acceptors (Lipinski definition) is 5. The van der Waals surface area contributed by atoms with Gasteiger partial charge in [-0.15, -0.1) is 5.10 Å². The molecule has 1 heterocycles. The van der Waals surface area contributed by atoms with Crippen molar-refractivity contribution in [2.75, 3.05) is 11.9 Å². The highest BCUT2D eigenvalue weighted by molar-refractivity contribution is 6.33. The van der Waals surface area contributed by atoms with Gasteiger partial charge in [-0.2, -0.15) is 5.26 Å². The fourth-order valence-electron chi connectivity index (χ4n) is 1.56. The third kappa shape index (κ3) is 3.22. The SMILES string of the molecule is N#CC(Nc1ccccc1Cl)c1cn(CCO)nn1. The van der Waals surface area contributed by atoms with Gasteiger partial charge < -0.3 is 10.4 Å². The van der Waals surface area contributed by atoms with Crippen LogP contribution in [0.5, 0.6) is 0 Å². The molecule has 1 unspecified atom stereocenters. The highest BCUT2D eigenvalue weighted by atomic mass is 35.5. The summed E-state index contributed by atoms with van der Waals surface area (Å²) < 4.78 is 1.48. The van der Waals surface area contributed by atoms with Gasteiger partial charge in [0.25, 0.3) is 0 Å². The molecule has 2 N–H and O–H groups in total. The van der Waals surface area contributed by atoms with Crippen LogP contribution in [0.15, 0.2) is 30.5 Å². The Hall–Kier alpha value is -2.10. The molecule has 0 saturated heterocycles. The zero-order chi connectivity index (χ0) is 13.7. The first kappa shape index (κ1) is 13.3. The van der Waals surface area contributed by atoms with Gasteiger partial charge in [0.2, 0.25) is 0 Å². The van der Waals surface area contributed by atoms with Crippen LogP contribution < -0.4 is 5.32 Å². The van der Waals surface area contributed by atoms with Crippen LogP contribution in [0.2, 0.25) is 5.02 Å². The van der Waals surface area contributed by atoms with Gasteiger partial charge in [-0.3, -0.25) is 0 Å². The molecule has 19 heavy (non-hydrogen) atoms. The first-order chi connectivity index (χ1) is 9.24. The minimum absolute atomic E-state index is 0.0298. The van der Waals surface area contributed by atoms with E-state index in [2.05, 4.69) is 21.7 Å². The van der Waals surface area contributed by atoms with E-state index in [-0.39, 0.29) is 6.61 Å². The van der Waals surface area contributed by atoms with Gasteiger partial charge in [-0.25, -0.2) is 4.68 Å². The highest BCUT2D eigenvalue weighted by Crippen LogP contribution is 2.24. The molecular formula is C12H12ClN5O. The average Bonchev–Trinajstić information content (AvgIpc) is 2.87. The fraction of sp³-hybridized carbons (Fsp3) is 0.250. The monoisotopic (exact) mass is 277 g/mol. The van der Waals surface area contributed by atoms with Crippen molar-refractivity contribution in [3.05, 3.63) is 41.2 Å². The molecule has 7 heteroatoms. The van der Waals surface area contributed by atoms with E-state index in [1.165, 1.54) is 4.68 Å². The largest absolute Gasteiger partial charge is 0.394 e. The maximum absolute atomic E-state index is 9.19. The molecule has 0 aliphatic rings. The molecule has 2 rings (SSSR count). The van der Waals surface area contributed by atoms with Crippen LogP contribution in [-0.4, -0.2) is 26.7 Å². The molecule has 6 nitrogen and oxygen atoms in total. The number of para-hydroxylation sites is 1. The van der Waals surface area contributed by atoms with Crippen LogP contribution >= 0.6 is 11.6 Å². The molecule has 0 aliphatic heterocycles. The molecule has 0 spiro atoms. The summed E-state index contributed by atoms with van der Waals surface area (Å²) in [7, 11) is 0. The third-order valence-electron chi connectivity index (χ3n) is 2.48. The molecule has 2 aromatic rings. The van der Waals surface area contributed by atoms with E-state index < -0.39 is 6.04 Å². The number of halogens is 1. The lowest BCUT2D eigenvalue weighted by atomic mass is 10.2. The van der Waals surface area contributed by atoms with Crippen molar-refractivity contribution >= 4 is 17.3 Å². The lowest BCUT2D eigenvalue weighted by molar-refractivity contribution is 0.268. The smallest absolute Gasteiger partial charge is 0.160 e. The molecule has 0 radical (unpaired) electrons. The maximum Gasteiger partial charge on any atom is 0.160 e. The van der Waals surface area contributed by atoms with Crippen LogP contribution in [-0.2, 0) is 6.54 Å². The highest BCUT2D eigenvalue weighted by Gasteiger charge is 2.15. The zero-order valence-corrected chi connectivity index (χ0v) is 10.7. The van der Waals surface area contributed by atoms with Gasteiger partial charge in [0.15, 0.2) is 6.04 Å². The van der Waals surface area contributed by atoms with Gasteiger partial charge in [0, 0.05) is 0 Å². The molecule has 1 atom stereocenters. The number of aromatic nitrogens is 3. The number of nitrogens with zero attached hydrogens (tertiary/aromatic N) is 4. The number of benzene rings is 1. The van der Waals surface area contributed by atoms with Gasteiger partial charge in [0.1, 0.15) is 5.69 Å². The summed E-state index contributed by atoms with van der Waals surface area (Å²) in [6.45, 7) is 0.315. The molecule has 0 aliphatic carbocycles. The Kier molecular flexibility index (Phi) is 4.34. The van der Waals surface area contributed by atoms with Crippen LogP contribution in [0.25, 0.3) is 0 Å². The Morgan fingerprint density at radius 1 is 1.47 bits per heavy atom. The van der Waals surface area contributed by atoms with E-state index in [0.717, 1.165) is 0 Å². The zero-order valence-electron chi connectivity index (χ0n) is 9.99. The second-order valence-electron chi connectivity index (χ2n) is 3.82. The maximum atomic E-state index is 9.19. The van der Waals surface area contributed by atoms with Crippen molar-refractivity contribution in [3.63, 3.8) is 0 Å². The van der Waals surface area contributed by atoms with Crippen molar-refractivity contribution in [2.45, 2.75) is 12.6 Å². The molecule has 0 saturated carbocycles. The Labute approximate surface area is 115 Å². The van der Waals surface area contributed by atoms with Crippen molar-refractivity contribution in [2.24, 2.45) is 0 Å². The number of anilines is 1. The number of nitrogens with one attached hydrogen (secondary N) is 1. The van der Waals surface area contributed by atoms with Gasteiger partial charge in [0.05, 0.1) is 36.1 Å². The number of aliphatic hydroxyl groups is 1.